The van der Waals surface area contributed by atoms with Crippen molar-refractivity contribution in [2.75, 3.05) is 33.3 Å². The van der Waals surface area contributed by atoms with E-state index in [1.165, 1.54) is 12.8 Å². The van der Waals surface area contributed by atoms with Crippen LogP contribution in [0.1, 0.15) is 26.7 Å². The van der Waals surface area contributed by atoms with Gasteiger partial charge in [-0.2, -0.15) is 0 Å². The lowest BCUT2D eigenvalue weighted by molar-refractivity contribution is 0.101. The molecule has 1 rings (SSSR count). The van der Waals surface area contributed by atoms with E-state index in [9.17, 15) is 5.11 Å². The Bertz CT molecular complexity index is 161. The smallest absolute Gasteiger partial charge is 0.0628 e. The van der Waals surface area contributed by atoms with Crippen LogP contribution in [0.5, 0.6) is 0 Å². The van der Waals surface area contributed by atoms with Gasteiger partial charge >= 0.3 is 0 Å². The minimum Gasteiger partial charge on any atom is -0.394 e. The standard InChI is InChI=1S/C11H24N2O/c1-4-13(5-2)8-11(9-14,12-3)10-6-7-10/h10,12,14H,4-9H2,1-3H3. The molecule has 84 valence electrons. The van der Waals surface area contributed by atoms with Crippen LogP contribution < -0.4 is 5.32 Å². The van der Waals surface area contributed by atoms with Gasteiger partial charge in [0.1, 0.15) is 0 Å². The Balaban J connectivity index is 2.56. The first-order valence-corrected chi connectivity index (χ1v) is 5.74. The molecule has 0 radical (unpaired) electrons. The predicted octanol–water partition coefficient (Wildman–Crippen LogP) is 0.689. The zero-order valence-electron chi connectivity index (χ0n) is 9.71. The highest BCUT2D eigenvalue weighted by atomic mass is 16.3. The van der Waals surface area contributed by atoms with Crippen LogP contribution in [0, 0.1) is 5.92 Å². The number of nitrogens with zero attached hydrogens (tertiary/aromatic N) is 1. The summed E-state index contributed by atoms with van der Waals surface area (Å²) in [6, 6.07) is 0. The van der Waals surface area contributed by atoms with Crippen LogP contribution in [0.3, 0.4) is 0 Å². The van der Waals surface area contributed by atoms with Gasteiger partial charge in [-0.05, 0) is 38.9 Å². The van der Waals surface area contributed by atoms with E-state index < -0.39 is 0 Å². The number of rotatable bonds is 7. The molecule has 14 heavy (non-hydrogen) atoms. The lowest BCUT2D eigenvalue weighted by atomic mass is 9.93. The first kappa shape index (κ1) is 12.0. The van der Waals surface area contributed by atoms with Gasteiger partial charge in [-0.3, -0.25) is 0 Å². The number of likely N-dealkylation sites (N-methyl/N-ethyl adjacent to an activating group) is 2. The van der Waals surface area contributed by atoms with Gasteiger partial charge in [-0.15, -0.1) is 0 Å². The van der Waals surface area contributed by atoms with E-state index in [0.717, 1.165) is 19.6 Å². The zero-order valence-corrected chi connectivity index (χ0v) is 9.71. The summed E-state index contributed by atoms with van der Waals surface area (Å²) in [6.45, 7) is 7.70. The summed E-state index contributed by atoms with van der Waals surface area (Å²) in [4.78, 5) is 2.38. The summed E-state index contributed by atoms with van der Waals surface area (Å²) < 4.78 is 0. The second-order valence-electron chi connectivity index (χ2n) is 4.30. The molecule has 1 saturated carbocycles. The number of nitrogens with one attached hydrogen (secondary N) is 1. The molecule has 0 saturated heterocycles. The minimum absolute atomic E-state index is 0.0496. The number of hydrogen-bond acceptors (Lipinski definition) is 3. The van der Waals surface area contributed by atoms with Crippen molar-refractivity contribution in [1.29, 1.82) is 0 Å². The molecule has 1 fully saturated rings. The molecular weight excluding hydrogens is 176 g/mol. The summed E-state index contributed by atoms with van der Waals surface area (Å²) in [5.74, 6) is 0.679. The summed E-state index contributed by atoms with van der Waals surface area (Å²) in [5, 5.41) is 12.9. The molecule has 0 spiro atoms. The van der Waals surface area contributed by atoms with Crippen LogP contribution in [0.4, 0.5) is 0 Å². The Kier molecular flexibility index (Phi) is 4.35. The van der Waals surface area contributed by atoms with Crippen molar-refractivity contribution in [2.45, 2.75) is 32.2 Å². The van der Waals surface area contributed by atoms with E-state index in [1.54, 1.807) is 0 Å². The van der Waals surface area contributed by atoms with Crippen LogP contribution in [-0.2, 0) is 0 Å². The quantitative estimate of drug-likeness (QED) is 0.634. The molecule has 0 aromatic heterocycles. The maximum Gasteiger partial charge on any atom is 0.0628 e. The third-order valence-electron chi connectivity index (χ3n) is 3.54. The molecule has 2 N–H and O–H groups in total. The van der Waals surface area contributed by atoms with Crippen LogP contribution in [0.2, 0.25) is 0 Å². The van der Waals surface area contributed by atoms with Crippen molar-refractivity contribution in [3.8, 4) is 0 Å². The molecule has 1 unspecified atom stereocenters. The molecule has 1 atom stereocenters. The monoisotopic (exact) mass is 200 g/mol. The van der Waals surface area contributed by atoms with Crippen LogP contribution in [-0.4, -0.2) is 48.8 Å². The summed E-state index contributed by atoms with van der Waals surface area (Å²) >= 11 is 0. The highest BCUT2D eigenvalue weighted by molar-refractivity contribution is 5.01. The Hall–Kier alpha value is -0.120. The third-order valence-corrected chi connectivity index (χ3v) is 3.54. The first-order chi connectivity index (χ1) is 6.72. The normalized spacial score (nSPS) is 21.2. The van der Waals surface area contributed by atoms with Crippen molar-refractivity contribution in [3.63, 3.8) is 0 Å². The Morgan fingerprint density at radius 1 is 1.36 bits per heavy atom. The van der Waals surface area contributed by atoms with Crippen molar-refractivity contribution in [3.05, 3.63) is 0 Å². The van der Waals surface area contributed by atoms with Gasteiger partial charge in [-0.1, -0.05) is 13.8 Å². The molecule has 1 aliphatic carbocycles. The molecule has 3 heteroatoms. The molecule has 0 amide bonds. The van der Waals surface area contributed by atoms with Gasteiger partial charge in [0, 0.05) is 6.54 Å². The van der Waals surface area contributed by atoms with Gasteiger partial charge < -0.3 is 15.3 Å². The fraction of sp³-hybridized carbons (Fsp3) is 1.00. The van der Waals surface area contributed by atoms with E-state index in [4.69, 9.17) is 0 Å². The van der Waals surface area contributed by atoms with Crippen LogP contribution >= 0.6 is 0 Å². The van der Waals surface area contributed by atoms with Crippen molar-refractivity contribution in [2.24, 2.45) is 5.92 Å². The molecular formula is C11H24N2O. The third kappa shape index (κ3) is 2.47. The topological polar surface area (TPSA) is 35.5 Å². The van der Waals surface area contributed by atoms with E-state index >= 15 is 0 Å². The van der Waals surface area contributed by atoms with Crippen LogP contribution in [0.15, 0.2) is 0 Å². The number of aliphatic hydroxyl groups is 1. The van der Waals surface area contributed by atoms with Gasteiger partial charge in [0.15, 0.2) is 0 Å². The lowest BCUT2D eigenvalue weighted by Gasteiger charge is -2.36. The number of aliphatic hydroxyl groups excluding tert-OH is 1. The first-order valence-electron chi connectivity index (χ1n) is 5.74. The fourth-order valence-corrected chi connectivity index (χ4v) is 2.15. The van der Waals surface area contributed by atoms with E-state index in [1.807, 2.05) is 7.05 Å². The second kappa shape index (κ2) is 5.10. The molecule has 0 aromatic carbocycles. The van der Waals surface area contributed by atoms with Gasteiger partial charge in [-0.25, -0.2) is 0 Å². The van der Waals surface area contributed by atoms with Gasteiger partial charge in [0.25, 0.3) is 0 Å². The highest BCUT2D eigenvalue weighted by Gasteiger charge is 2.44. The largest absolute Gasteiger partial charge is 0.394 e. The van der Waals surface area contributed by atoms with Gasteiger partial charge in [0.2, 0.25) is 0 Å². The highest BCUT2D eigenvalue weighted by Crippen LogP contribution is 2.39. The molecule has 3 nitrogen and oxygen atoms in total. The second-order valence-corrected chi connectivity index (χ2v) is 4.30. The Morgan fingerprint density at radius 2 is 1.93 bits per heavy atom. The van der Waals surface area contributed by atoms with Crippen molar-refractivity contribution >= 4 is 0 Å². The van der Waals surface area contributed by atoms with Crippen molar-refractivity contribution < 1.29 is 5.11 Å². The van der Waals surface area contributed by atoms with Crippen molar-refractivity contribution in [1.82, 2.24) is 10.2 Å². The summed E-state index contributed by atoms with van der Waals surface area (Å²) in [5.41, 5.74) is -0.0496. The maximum absolute atomic E-state index is 9.54. The van der Waals surface area contributed by atoms with E-state index in [2.05, 4.69) is 24.1 Å². The molecule has 0 aromatic rings. The maximum atomic E-state index is 9.54. The lowest BCUT2D eigenvalue weighted by Crippen LogP contribution is -2.56. The van der Waals surface area contributed by atoms with E-state index in [-0.39, 0.29) is 12.1 Å². The zero-order chi connectivity index (χ0) is 10.6. The summed E-state index contributed by atoms with van der Waals surface area (Å²) in [6.07, 6.45) is 2.53. The van der Waals surface area contributed by atoms with E-state index in [0.29, 0.717) is 5.92 Å². The molecule has 0 aliphatic heterocycles. The Morgan fingerprint density at radius 3 is 2.21 bits per heavy atom. The summed E-state index contributed by atoms with van der Waals surface area (Å²) in [7, 11) is 1.97. The average Bonchev–Trinajstić information content (AvgIpc) is 3.05. The minimum atomic E-state index is -0.0496. The number of hydrogen-bond donors (Lipinski definition) is 2. The average molecular weight is 200 g/mol. The molecule has 0 heterocycles. The van der Waals surface area contributed by atoms with Crippen LogP contribution in [0.25, 0.3) is 0 Å². The van der Waals surface area contributed by atoms with Gasteiger partial charge in [0.05, 0.1) is 12.1 Å². The molecule has 1 aliphatic rings. The SMILES string of the molecule is CCN(CC)CC(CO)(NC)C1CC1. The Labute approximate surface area is 87.5 Å². The predicted molar refractivity (Wildman–Crippen MR) is 59.4 cm³/mol. The molecule has 0 bridgehead atoms. The fourth-order valence-electron chi connectivity index (χ4n) is 2.15.